The van der Waals surface area contributed by atoms with Crippen molar-refractivity contribution in [1.29, 1.82) is 0 Å². The number of amides is 1. The lowest BCUT2D eigenvalue weighted by Crippen LogP contribution is -2.16. The summed E-state index contributed by atoms with van der Waals surface area (Å²) >= 11 is 0. The third-order valence-corrected chi connectivity index (χ3v) is 3.87. The number of anilines is 1. The second-order valence-corrected chi connectivity index (χ2v) is 6.05. The molecule has 0 saturated heterocycles. The summed E-state index contributed by atoms with van der Waals surface area (Å²) in [5, 5.41) is 34.4. The van der Waals surface area contributed by atoms with Gasteiger partial charge in [0.1, 0.15) is 11.3 Å². The molecule has 0 bridgehead atoms. The highest BCUT2D eigenvalue weighted by molar-refractivity contribution is 6.07. The maximum Gasteiger partial charge on any atom is 0.289 e. The molecule has 2 rings (SSSR count). The highest BCUT2D eigenvalue weighted by Gasteiger charge is 2.25. The van der Waals surface area contributed by atoms with Crippen LogP contribution < -0.4 is 5.32 Å². The molecule has 0 spiro atoms. The summed E-state index contributed by atoms with van der Waals surface area (Å²) in [4.78, 5) is 32.9. The topological polar surface area (TPSA) is 136 Å². The molecule has 0 aliphatic heterocycles. The van der Waals surface area contributed by atoms with Crippen LogP contribution in [0.5, 0.6) is 5.75 Å². The SMILES string of the molecule is Cc1cc(NC(=O)c2ccc([N+](=O)[O-])cc2[N+](=O)[O-])c(C(C)C)cc1O. The molecule has 0 radical (unpaired) electrons. The van der Waals surface area contributed by atoms with Crippen molar-refractivity contribution in [3.8, 4) is 5.75 Å². The number of hydrogen-bond donors (Lipinski definition) is 2. The Morgan fingerprint density at radius 1 is 1.12 bits per heavy atom. The van der Waals surface area contributed by atoms with Gasteiger partial charge in [0.05, 0.1) is 15.9 Å². The lowest BCUT2D eigenvalue weighted by atomic mass is 9.98. The number of carbonyl (C=O) groups excluding carboxylic acids is 1. The van der Waals surface area contributed by atoms with E-state index >= 15 is 0 Å². The van der Waals surface area contributed by atoms with Gasteiger partial charge >= 0.3 is 0 Å². The summed E-state index contributed by atoms with van der Waals surface area (Å²) in [6.07, 6.45) is 0. The first-order valence-electron chi connectivity index (χ1n) is 7.69. The van der Waals surface area contributed by atoms with E-state index < -0.39 is 27.1 Å². The van der Waals surface area contributed by atoms with Crippen molar-refractivity contribution in [3.63, 3.8) is 0 Å². The van der Waals surface area contributed by atoms with Gasteiger partial charge in [0.25, 0.3) is 17.3 Å². The zero-order valence-electron chi connectivity index (χ0n) is 14.3. The Hall–Kier alpha value is -3.49. The number of phenolic OH excluding ortho intramolecular Hbond substituents is 1. The van der Waals surface area contributed by atoms with Crippen molar-refractivity contribution in [2.45, 2.75) is 26.7 Å². The van der Waals surface area contributed by atoms with Crippen LogP contribution in [0, 0.1) is 27.2 Å². The van der Waals surface area contributed by atoms with Crippen LogP contribution in [0.2, 0.25) is 0 Å². The van der Waals surface area contributed by atoms with E-state index in [2.05, 4.69) is 5.32 Å². The molecule has 0 heterocycles. The van der Waals surface area contributed by atoms with E-state index in [1.807, 2.05) is 13.8 Å². The van der Waals surface area contributed by atoms with Crippen molar-refractivity contribution >= 4 is 23.0 Å². The van der Waals surface area contributed by atoms with Crippen molar-refractivity contribution in [3.05, 3.63) is 67.3 Å². The Morgan fingerprint density at radius 3 is 2.31 bits per heavy atom. The molecule has 0 atom stereocenters. The number of hydrogen-bond acceptors (Lipinski definition) is 6. The largest absolute Gasteiger partial charge is 0.508 e. The van der Waals surface area contributed by atoms with Gasteiger partial charge in [0.15, 0.2) is 0 Å². The third-order valence-electron chi connectivity index (χ3n) is 3.87. The average molecular weight is 359 g/mol. The van der Waals surface area contributed by atoms with Gasteiger partial charge in [-0.05, 0) is 42.2 Å². The quantitative estimate of drug-likeness (QED) is 0.472. The molecule has 0 saturated carbocycles. The molecule has 2 aromatic carbocycles. The summed E-state index contributed by atoms with van der Waals surface area (Å²) in [5.41, 5.74) is 0.179. The molecular weight excluding hydrogens is 342 g/mol. The van der Waals surface area contributed by atoms with E-state index in [4.69, 9.17) is 0 Å². The first-order chi connectivity index (χ1) is 12.1. The number of nitro benzene ring substituents is 2. The molecule has 1 amide bonds. The molecule has 2 N–H and O–H groups in total. The zero-order chi connectivity index (χ0) is 19.6. The molecule has 136 valence electrons. The third kappa shape index (κ3) is 3.77. The monoisotopic (exact) mass is 359 g/mol. The van der Waals surface area contributed by atoms with Crippen molar-refractivity contribution in [1.82, 2.24) is 0 Å². The number of benzene rings is 2. The van der Waals surface area contributed by atoms with Crippen molar-refractivity contribution in [2.24, 2.45) is 0 Å². The van der Waals surface area contributed by atoms with Crippen LogP contribution in [-0.4, -0.2) is 20.9 Å². The number of rotatable bonds is 5. The summed E-state index contributed by atoms with van der Waals surface area (Å²) in [7, 11) is 0. The van der Waals surface area contributed by atoms with E-state index in [1.165, 1.54) is 6.07 Å². The Morgan fingerprint density at radius 2 is 1.77 bits per heavy atom. The number of nitrogens with zero attached hydrogens (tertiary/aromatic N) is 2. The summed E-state index contributed by atoms with van der Waals surface area (Å²) in [6.45, 7) is 5.39. The van der Waals surface area contributed by atoms with Crippen LogP contribution in [0.15, 0.2) is 30.3 Å². The van der Waals surface area contributed by atoms with Crippen LogP contribution in [0.3, 0.4) is 0 Å². The molecule has 2 aromatic rings. The predicted octanol–water partition coefficient (Wildman–Crippen LogP) is 3.89. The lowest BCUT2D eigenvalue weighted by molar-refractivity contribution is -0.394. The number of nitrogens with one attached hydrogen (secondary N) is 1. The van der Waals surface area contributed by atoms with E-state index in [1.54, 1.807) is 13.0 Å². The number of non-ortho nitro benzene ring substituents is 1. The van der Waals surface area contributed by atoms with Gasteiger partial charge in [-0.3, -0.25) is 25.0 Å². The van der Waals surface area contributed by atoms with Gasteiger partial charge in [-0.25, -0.2) is 0 Å². The molecule has 9 nitrogen and oxygen atoms in total. The fourth-order valence-electron chi connectivity index (χ4n) is 2.46. The number of carbonyl (C=O) groups is 1. The van der Waals surface area contributed by atoms with E-state index in [9.17, 15) is 30.1 Å². The standard InChI is InChI=1S/C17H17N3O6/c1-9(2)13-8-16(21)10(3)6-14(13)18-17(22)12-5-4-11(19(23)24)7-15(12)20(25)26/h4-9,21H,1-3H3,(H,18,22). The van der Waals surface area contributed by atoms with Crippen molar-refractivity contribution in [2.75, 3.05) is 5.32 Å². The molecule has 0 fully saturated rings. The van der Waals surface area contributed by atoms with E-state index in [0.29, 0.717) is 16.8 Å². The Bertz CT molecular complexity index is 908. The first kappa shape index (κ1) is 18.8. The molecule has 0 aliphatic rings. The fourth-order valence-corrected chi connectivity index (χ4v) is 2.46. The number of aryl methyl sites for hydroxylation is 1. The average Bonchev–Trinajstić information content (AvgIpc) is 2.56. The number of phenols is 1. The highest BCUT2D eigenvalue weighted by atomic mass is 16.6. The maximum atomic E-state index is 12.5. The highest BCUT2D eigenvalue weighted by Crippen LogP contribution is 2.32. The van der Waals surface area contributed by atoms with Gasteiger partial charge in [-0.15, -0.1) is 0 Å². The smallest absolute Gasteiger partial charge is 0.289 e. The molecule has 26 heavy (non-hydrogen) atoms. The van der Waals surface area contributed by atoms with Crippen LogP contribution in [0.4, 0.5) is 17.1 Å². The molecule has 0 aromatic heterocycles. The van der Waals surface area contributed by atoms with Gasteiger partial charge < -0.3 is 10.4 Å². The number of aromatic hydroxyl groups is 1. The summed E-state index contributed by atoms with van der Waals surface area (Å²) < 4.78 is 0. The summed E-state index contributed by atoms with van der Waals surface area (Å²) in [6, 6.07) is 5.93. The van der Waals surface area contributed by atoms with Gasteiger partial charge in [0.2, 0.25) is 0 Å². The number of nitro groups is 2. The van der Waals surface area contributed by atoms with Gasteiger partial charge in [-0.1, -0.05) is 13.8 Å². The minimum Gasteiger partial charge on any atom is -0.508 e. The fraction of sp³-hybridized carbons (Fsp3) is 0.235. The molecule has 9 heteroatoms. The zero-order valence-corrected chi connectivity index (χ0v) is 14.3. The first-order valence-corrected chi connectivity index (χ1v) is 7.69. The Labute approximate surface area is 148 Å². The molecule has 0 unspecified atom stereocenters. The maximum absolute atomic E-state index is 12.5. The second kappa shape index (κ2) is 7.18. The predicted molar refractivity (Wildman–Crippen MR) is 94.6 cm³/mol. The lowest BCUT2D eigenvalue weighted by Gasteiger charge is -2.16. The normalized spacial score (nSPS) is 10.6. The minimum absolute atomic E-state index is 0.0244. The van der Waals surface area contributed by atoms with Gasteiger partial charge in [-0.2, -0.15) is 0 Å². The Kier molecular flexibility index (Phi) is 5.20. The van der Waals surface area contributed by atoms with Crippen LogP contribution >= 0.6 is 0 Å². The van der Waals surface area contributed by atoms with Gasteiger partial charge in [0, 0.05) is 11.8 Å². The molecule has 0 aliphatic carbocycles. The minimum atomic E-state index is -0.840. The van der Waals surface area contributed by atoms with Crippen molar-refractivity contribution < 1.29 is 19.7 Å². The van der Waals surface area contributed by atoms with E-state index in [-0.39, 0.29) is 17.2 Å². The van der Waals surface area contributed by atoms with Crippen LogP contribution in [0.1, 0.15) is 41.3 Å². The second-order valence-electron chi connectivity index (χ2n) is 6.05. The Balaban J connectivity index is 2.47. The summed E-state index contributed by atoms with van der Waals surface area (Å²) in [5.74, 6) is -0.713. The van der Waals surface area contributed by atoms with Crippen LogP contribution in [0.25, 0.3) is 0 Å². The molecular formula is C17H17N3O6. The van der Waals surface area contributed by atoms with E-state index in [0.717, 1.165) is 18.2 Å². The van der Waals surface area contributed by atoms with Crippen LogP contribution in [-0.2, 0) is 0 Å².